The number of unbranched alkanes of at least 4 members (excludes halogenated alkanes) is 22. The summed E-state index contributed by atoms with van der Waals surface area (Å²) in [6, 6.07) is 0. The number of carboxylic acids is 1. The first-order valence-corrected chi connectivity index (χ1v) is 27.1. The molecule has 2 unspecified atom stereocenters. The highest BCUT2D eigenvalue weighted by molar-refractivity contribution is 5.70. The average Bonchev–Trinajstić information content (AvgIpc) is 3.29. The smallest absolute Gasteiger partial charge is 0.306 e. The molecule has 0 heterocycles. The van der Waals surface area contributed by atoms with E-state index in [1.807, 2.05) is 21.1 Å². The van der Waals surface area contributed by atoms with Crippen molar-refractivity contribution in [1.29, 1.82) is 0 Å². The predicted octanol–water partition coefficient (Wildman–Crippen LogP) is 14.1. The van der Waals surface area contributed by atoms with E-state index in [1.54, 1.807) is 0 Å². The lowest BCUT2D eigenvalue weighted by Gasteiger charge is -2.26. The van der Waals surface area contributed by atoms with Gasteiger partial charge in [0.1, 0.15) is 13.2 Å². The van der Waals surface area contributed by atoms with Crippen LogP contribution in [0.25, 0.3) is 0 Å². The van der Waals surface area contributed by atoms with Crippen molar-refractivity contribution in [3.05, 3.63) is 72.9 Å². The van der Waals surface area contributed by atoms with Crippen molar-refractivity contribution in [1.82, 2.24) is 0 Å². The van der Waals surface area contributed by atoms with Gasteiger partial charge < -0.3 is 33.3 Å². The van der Waals surface area contributed by atoms with Gasteiger partial charge in [-0.05, 0) is 64.2 Å². The van der Waals surface area contributed by atoms with E-state index in [-0.39, 0.29) is 32.2 Å². The number of carbonyl (C=O) groups excluding carboxylic acids is 3. The topological polar surface area (TPSA) is 111 Å². The number of carbonyl (C=O) groups is 3. The van der Waals surface area contributed by atoms with E-state index in [9.17, 15) is 19.5 Å². The molecule has 0 aromatic heterocycles. The molecule has 0 aliphatic rings. The Morgan fingerprint density at radius 3 is 1.27 bits per heavy atom. The number of aliphatic carboxylic acids is 1. The van der Waals surface area contributed by atoms with Gasteiger partial charge in [-0.2, -0.15) is 0 Å². The van der Waals surface area contributed by atoms with E-state index in [0.29, 0.717) is 23.9 Å². The van der Waals surface area contributed by atoms with Gasteiger partial charge in [0.15, 0.2) is 12.4 Å². The zero-order valence-electron chi connectivity index (χ0n) is 43.8. The maximum absolute atomic E-state index is 12.8. The molecule has 0 rings (SSSR count). The lowest BCUT2D eigenvalue weighted by molar-refractivity contribution is -0.870. The molecule has 0 bridgehead atoms. The Balaban J connectivity index is 4.24. The first kappa shape index (κ1) is 63.7. The molecule has 0 saturated carbocycles. The molecule has 2 atom stereocenters. The van der Waals surface area contributed by atoms with Crippen LogP contribution in [0.5, 0.6) is 0 Å². The first-order chi connectivity index (χ1) is 32.6. The maximum Gasteiger partial charge on any atom is 0.306 e. The van der Waals surface area contributed by atoms with Gasteiger partial charge in [0.2, 0.25) is 0 Å². The van der Waals surface area contributed by atoms with Crippen LogP contribution in [0, 0.1) is 0 Å². The third-order valence-electron chi connectivity index (χ3n) is 11.5. The molecule has 0 amide bonds. The number of carboxylic acid groups (broad SMARTS) is 1. The fraction of sp³-hybridized carbons (Fsp3) is 0.741. The standard InChI is InChI=1S/C58H101NO8/c1-6-8-10-12-14-16-18-20-21-22-23-24-25-26-27-28-29-30-31-32-33-34-35-37-39-41-43-45-47-49-56(61)67-54(53-66-58(57(62)63)64-51-50-59(3,4)5)52-65-55(60)48-46-44-42-40-38-36-19-17-15-13-11-9-7-2/h8,10,14,16,20-21,23-24,26-27,29-30,54,58H,6-7,9,11-13,15,17-19,22,25,28,31-53H2,1-5H3/b10-8-,16-14-,21-20-,24-23-,27-26-,30-29-. The molecule has 0 aliphatic carbocycles. The zero-order valence-corrected chi connectivity index (χ0v) is 43.8. The molecular weight excluding hydrogens is 839 g/mol. The van der Waals surface area contributed by atoms with Crippen LogP contribution in [-0.2, 0) is 33.3 Å². The Morgan fingerprint density at radius 2 is 0.851 bits per heavy atom. The van der Waals surface area contributed by atoms with Crippen molar-refractivity contribution >= 4 is 17.9 Å². The molecule has 0 aromatic carbocycles. The minimum Gasteiger partial charge on any atom is -0.545 e. The molecule has 9 nitrogen and oxygen atoms in total. The van der Waals surface area contributed by atoms with Crippen LogP contribution in [0.15, 0.2) is 72.9 Å². The fourth-order valence-electron chi connectivity index (χ4n) is 7.30. The third kappa shape index (κ3) is 50.4. The van der Waals surface area contributed by atoms with Crippen molar-refractivity contribution in [2.45, 2.75) is 232 Å². The van der Waals surface area contributed by atoms with Crippen LogP contribution in [0.3, 0.4) is 0 Å². The van der Waals surface area contributed by atoms with Gasteiger partial charge in [-0.3, -0.25) is 9.59 Å². The Labute approximate surface area is 411 Å². The number of quaternary nitrogens is 1. The van der Waals surface area contributed by atoms with E-state index >= 15 is 0 Å². The van der Waals surface area contributed by atoms with Crippen LogP contribution in [0.1, 0.15) is 219 Å². The molecule has 386 valence electrons. The van der Waals surface area contributed by atoms with Crippen LogP contribution in [0.4, 0.5) is 0 Å². The van der Waals surface area contributed by atoms with Crippen molar-refractivity contribution < 1.29 is 42.9 Å². The summed E-state index contributed by atoms with van der Waals surface area (Å²) >= 11 is 0. The molecule has 0 aromatic rings. The van der Waals surface area contributed by atoms with Crippen LogP contribution >= 0.6 is 0 Å². The summed E-state index contributed by atoms with van der Waals surface area (Å²) in [4.78, 5) is 37.1. The lowest BCUT2D eigenvalue weighted by Crippen LogP contribution is -2.44. The summed E-state index contributed by atoms with van der Waals surface area (Å²) in [5.74, 6) is -2.29. The van der Waals surface area contributed by atoms with Gasteiger partial charge in [-0.1, -0.05) is 215 Å². The molecule has 0 fully saturated rings. The number of hydrogen-bond donors (Lipinski definition) is 0. The second-order valence-corrected chi connectivity index (χ2v) is 19.1. The Bertz CT molecular complexity index is 1330. The van der Waals surface area contributed by atoms with Gasteiger partial charge in [0.05, 0.1) is 40.3 Å². The first-order valence-electron chi connectivity index (χ1n) is 27.1. The molecule has 0 radical (unpaired) electrons. The van der Waals surface area contributed by atoms with Gasteiger partial charge in [0.25, 0.3) is 0 Å². The molecule has 0 N–H and O–H groups in total. The summed E-state index contributed by atoms with van der Waals surface area (Å²) in [5, 5.41) is 11.7. The van der Waals surface area contributed by atoms with E-state index < -0.39 is 24.3 Å². The molecule has 0 aliphatic heterocycles. The summed E-state index contributed by atoms with van der Waals surface area (Å²) < 4.78 is 22.6. The molecule has 9 heteroatoms. The predicted molar refractivity (Wildman–Crippen MR) is 278 cm³/mol. The van der Waals surface area contributed by atoms with Crippen molar-refractivity contribution in [2.24, 2.45) is 0 Å². The van der Waals surface area contributed by atoms with Crippen LogP contribution in [-0.4, -0.2) is 82.3 Å². The number of likely N-dealkylation sites (N-methyl/N-ethyl adjacent to an activating group) is 1. The second kappa shape index (κ2) is 49.2. The Hall–Kier alpha value is -3.27. The third-order valence-corrected chi connectivity index (χ3v) is 11.5. The second-order valence-electron chi connectivity index (χ2n) is 19.1. The Morgan fingerprint density at radius 1 is 0.463 bits per heavy atom. The van der Waals surface area contributed by atoms with Crippen molar-refractivity contribution in [2.75, 3.05) is 47.5 Å². The van der Waals surface area contributed by atoms with Crippen LogP contribution in [0.2, 0.25) is 0 Å². The molecule has 0 saturated heterocycles. The van der Waals surface area contributed by atoms with Crippen molar-refractivity contribution in [3.8, 4) is 0 Å². The zero-order chi connectivity index (χ0) is 49.2. The Kier molecular flexibility index (Phi) is 46.8. The maximum atomic E-state index is 12.8. The largest absolute Gasteiger partial charge is 0.545 e. The summed E-state index contributed by atoms with van der Waals surface area (Å²) in [6.07, 6.45) is 59.4. The van der Waals surface area contributed by atoms with Crippen LogP contribution < -0.4 is 5.11 Å². The average molecular weight is 940 g/mol. The van der Waals surface area contributed by atoms with E-state index in [1.165, 1.54) is 103 Å². The molecule has 0 spiro atoms. The lowest BCUT2D eigenvalue weighted by atomic mass is 10.0. The number of esters is 2. The minimum absolute atomic E-state index is 0.145. The van der Waals surface area contributed by atoms with Gasteiger partial charge in [-0.15, -0.1) is 0 Å². The van der Waals surface area contributed by atoms with Gasteiger partial charge in [-0.25, -0.2) is 0 Å². The van der Waals surface area contributed by atoms with E-state index in [0.717, 1.165) is 83.5 Å². The molecular formula is C58H101NO8. The highest BCUT2D eigenvalue weighted by Gasteiger charge is 2.22. The minimum atomic E-state index is -1.62. The molecule has 67 heavy (non-hydrogen) atoms. The quantitative estimate of drug-likeness (QED) is 0.0195. The van der Waals surface area contributed by atoms with E-state index in [2.05, 4.69) is 86.8 Å². The highest BCUT2D eigenvalue weighted by Crippen LogP contribution is 2.15. The summed E-state index contributed by atoms with van der Waals surface area (Å²) in [6.45, 7) is 4.63. The number of hydrogen-bond acceptors (Lipinski definition) is 8. The number of allylic oxidation sites excluding steroid dienone is 12. The number of nitrogens with zero attached hydrogens (tertiary/aromatic N) is 1. The SMILES string of the molecule is CC/C=C\C/C=C\C/C=C\C/C=C\C/C=C\C/C=C\CCCCCCCCCCCCC(=O)OC(COC(=O)CCCCCCCCCCCCCCC)COC(OCC[N+](C)(C)C)C(=O)[O-]. The highest BCUT2D eigenvalue weighted by atomic mass is 16.7. The summed E-state index contributed by atoms with van der Waals surface area (Å²) in [5.41, 5.74) is 0. The summed E-state index contributed by atoms with van der Waals surface area (Å²) in [7, 11) is 5.91. The fourth-order valence-corrected chi connectivity index (χ4v) is 7.30. The monoisotopic (exact) mass is 940 g/mol. The van der Waals surface area contributed by atoms with Gasteiger partial charge >= 0.3 is 11.9 Å². The van der Waals surface area contributed by atoms with E-state index in [4.69, 9.17) is 18.9 Å². The normalized spacial score (nSPS) is 13.4. The number of rotatable bonds is 49. The number of ether oxygens (including phenoxy) is 4. The van der Waals surface area contributed by atoms with Crippen molar-refractivity contribution in [3.63, 3.8) is 0 Å². The van der Waals surface area contributed by atoms with Gasteiger partial charge in [0, 0.05) is 12.8 Å².